The molecule has 0 fully saturated rings. The highest BCUT2D eigenvalue weighted by molar-refractivity contribution is 4.73. The molecule has 0 aliphatic rings. The van der Waals surface area contributed by atoms with Gasteiger partial charge in [-0.1, -0.05) is 0 Å². The molecule has 0 amide bonds. The van der Waals surface area contributed by atoms with Crippen molar-refractivity contribution in [3.63, 3.8) is 0 Å². The fourth-order valence-corrected chi connectivity index (χ4v) is 1.22. The summed E-state index contributed by atoms with van der Waals surface area (Å²) >= 11 is 0. The summed E-state index contributed by atoms with van der Waals surface area (Å²) in [6, 6.07) is 0.0279. The summed E-state index contributed by atoms with van der Waals surface area (Å²) in [5.74, 6) is 0. The molecular weight excluding hydrogens is 168 g/mol. The molecule has 0 aromatic rings. The van der Waals surface area contributed by atoms with Crippen molar-refractivity contribution in [3.05, 3.63) is 0 Å². The molecule has 2 unspecified atom stereocenters. The molecule has 0 aromatic carbocycles. The van der Waals surface area contributed by atoms with Gasteiger partial charge in [0, 0.05) is 26.4 Å². The van der Waals surface area contributed by atoms with Crippen LogP contribution in [0.15, 0.2) is 0 Å². The molecular formula is C9H22N2O2. The van der Waals surface area contributed by atoms with E-state index in [4.69, 9.17) is 20.9 Å². The van der Waals surface area contributed by atoms with Gasteiger partial charge in [0.2, 0.25) is 0 Å². The van der Waals surface area contributed by atoms with E-state index in [9.17, 15) is 0 Å². The summed E-state index contributed by atoms with van der Waals surface area (Å²) in [5, 5.41) is 0. The number of nitrogens with two attached hydrogens (primary N) is 2. The summed E-state index contributed by atoms with van der Waals surface area (Å²) in [4.78, 5) is 0. The third-order valence-corrected chi connectivity index (χ3v) is 2.03. The zero-order valence-electron chi connectivity index (χ0n) is 8.66. The van der Waals surface area contributed by atoms with Gasteiger partial charge in [-0.15, -0.1) is 0 Å². The number of rotatable bonds is 8. The van der Waals surface area contributed by atoms with Crippen molar-refractivity contribution in [2.24, 2.45) is 11.5 Å². The predicted octanol–water partition coefficient (Wildman–Crippen LogP) is 0.104. The van der Waals surface area contributed by atoms with Gasteiger partial charge in [0.1, 0.15) is 0 Å². The lowest BCUT2D eigenvalue weighted by atomic mass is 10.1. The van der Waals surface area contributed by atoms with Crippen LogP contribution >= 0.6 is 0 Å². The first-order chi connectivity index (χ1) is 6.26. The van der Waals surface area contributed by atoms with Crippen LogP contribution in [-0.2, 0) is 9.47 Å². The Morgan fingerprint density at radius 1 is 1.31 bits per heavy atom. The van der Waals surface area contributed by atoms with Crippen LogP contribution in [0.2, 0.25) is 0 Å². The second-order valence-electron chi connectivity index (χ2n) is 3.00. The van der Waals surface area contributed by atoms with Crippen molar-refractivity contribution < 1.29 is 9.47 Å². The van der Waals surface area contributed by atoms with Gasteiger partial charge in [-0.25, -0.2) is 0 Å². The van der Waals surface area contributed by atoms with Crippen LogP contribution in [0.1, 0.15) is 19.8 Å². The molecule has 0 aromatic heterocycles. The molecule has 0 aliphatic carbocycles. The molecule has 0 bridgehead atoms. The van der Waals surface area contributed by atoms with E-state index in [0.29, 0.717) is 13.2 Å². The molecule has 0 aliphatic heterocycles. The topological polar surface area (TPSA) is 70.5 Å². The van der Waals surface area contributed by atoms with Gasteiger partial charge < -0.3 is 20.9 Å². The van der Waals surface area contributed by atoms with E-state index in [1.54, 1.807) is 7.11 Å². The Bertz CT molecular complexity index is 112. The number of hydrogen-bond acceptors (Lipinski definition) is 4. The molecule has 0 spiro atoms. The normalized spacial score (nSPS) is 15.7. The molecule has 4 N–H and O–H groups in total. The minimum absolute atomic E-state index is 0.0279. The summed E-state index contributed by atoms with van der Waals surface area (Å²) in [6.07, 6.45) is 1.70. The summed E-state index contributed by atoms with van der Waals surface area (Å²) in [6.45, 7) is 4.02. The van der Waals surface area contributed by atoms with Crippen LogP contribution < -0.4 is 11.5 Å². The lowest BCUT2D eigenvalue weighted by Gasteiger charge is -2.21. The minimum Gasteiger partial charge on any atom is -0.382 e. The minimum atomic E-state index is 0.0279. The molecule has 4 nitrogen and oxygen atoms in total. The average molecular weight is 190 g/mol. The van der Waals surface area contributed by atoms with Crippen LogP contribution in [0.4, 0.5) is 0 Å². The lowest BCUT2D eigenvalue weighted by Crippen LogP contribution is -2.38. The standard InChI is InChI=1S/C9H22N2O2/c1-3-13-7-5-8(11)9(12-2)4-6-10/h8-9H,3-7,10-11H2,1-2H3. The van der Waals surface area contributed by atoms with E-state index in [1.165, 1.54) is 0 Å². The zero-order valence-corrected chi connectivity index (χ0v) is 8.66. The molecule has 4 heteroatoms. The fraction of sp³-hybridized carbons (Fsp3) is 1.00. The maximum atomic E-state index is 5.89. The second kappa shape index (κ2) is 8.44. The van der Waals surface area contributed by atoms with E-state index < -0.39 is 0 Å². The number of methoxy groups -OCH3 is 1. The average Bonchev–Trinajstić information content (AvgIpc) is 2.14. The maximum absolute atomic E-state index is 5.89. The smallest absolute Gasteiger partial charge is 0.0735 e. The lowest BCUT2D eigenvalue weighted by molar-refractivity contribution is 0.0576. The molecule has 0 radical (unpaired) electrons. The third-order valence-electron chi connectivity index (χ3n) is 2.03. The number of hydrogen-bond donors (Lipinski definition) is 2. The predicted molar refractivity (Wildman–Crippen MR) is 53.6 cm³/mol. The monoisotopic (exact) mass is 190 g/mol. The summed E-state index contributed by atoms with van der Waals surface area (Å²) in [7, 11) is 1.67. The molecule has 0 rings (SSSR count). The first-order valence-electron chi connectivity index (χ1n) is 4.82. The molecule has 0 heterocycles. The van der Waals surface area contributed by atoms with Gasteiger partial charge in [-0.05, 0) is 26.3 Å². The van der Waals surface area contributed by atoms with Crippen molar-refractivity contribution in [1.82, 2.24) is 0 Å². The number of ether oxygens (including phenoxy) is 2. The Labute approximate surface area is 80.6 Å². The fourth-order valence-electron chi connectivity index (χ4n) is 1.22. The summed E-state index contributed by atoms with van der Waals surface area (Å²) < 4.78 is 10.4. The quantitative estimate of drug-likeness (QED) is 0.533. The van der Waals surface area contributed by atoms with Gasteiger partial charge in [0.25, 0.3) is 0 Å². The molecule has 2 atom stereocenters. The van der Waals surface area contributed by atoms with Gasteiger partial charge in [-0.2, -0.15) is 0 Å². The van der Waals surface area contributed by atoms with Crippen LogP contribution in [-0.4, -0.2) is 39.0 Å². The van der Waals surface area contributed by atoms with Gasteiger partial charge >= 0.3 is 0 Å². The van der Waals surface area contributed by atoms with Gasteiger partial charge in [-0.3, -0.25) is 0 Å². The second-order valence-corrected chi connectivity index (χ2v) is 3.00. The molecule has 80 valence electrons. The first-order valence-corrected chi connectivity index (χ1v) is 4.82. The van der Waals surface area contributed by atoms with E-state index in [0.717, 1.165) is 19.4 Å². The Morgan fingerprint density at radius 2 is 2.00 bits per heavy atom. The first kappa shape index (κ1) is 12.8. The molecule has 13 heavy (non-hydrogen) atoms. The van der Waals surface area contributed by atoms with Crippen molar-refractivity contribution in [3.8, 4) is 0 Å². The highest BCUT2D eigenvalue weighted by Gasteiger charge is 2.15. The highest BCUT2D eigenvalue weighted by Crippen LogP contribution is 2.04. The summed E-state index contributed by atoms with van der Waals surface area (Å²) in [5.41, 5.74) is 11.3. The van der Waals surface area contributed by atoms with E-state index in [-0.39, 0.29) is 12.1 Å². The Kier molecular flexibility index (Phi) is 8.33. The van der Waals surface area contributed by atoms with Crippen LogP contribution in [0.3, 0.4) is 0 Å². The van der Waals surface area contributed by atoms with Gasteiger partial charge in [0.05, 0.1) is 6.10 Å². The molecule has 0 saturated carbocycles. The third kappa shape index (κ3) is 5.99. The largest absolute Gasteiger partial charge is 0.382 e. The van der Waals surface area contributed by atoms with Crippen LogP contribution in [0, 0.1) is 0 Å². The van der Waals surface area contributed by atoms with Crippen molar-refractivity contribution >= 4 is 0 Å². The van der Waals surface area contributed by atoms with Gasteiger partial charge in [0.15, 0.2) is 0 Å². The van der Waals surface area contributed by atoms with Crippen LogP contribution in [0.5, 0.6) is 0 Å². The van der Waals surface area contributed by atoms with E-state index in [2.05, 4.69) is 0 Å². The van der Waals surface area contributed by atoms with E-state index >= 15 is 0 Å². The van der Waals surface area contributed by atoms with Crippen molar-refractivity contribution in [2.75, 3.05) is 26.9 Å². The SMILES string of the molecule is CCOCCC(N)C(CCN)OC. The Balaban J connectivity index is 3.57. The van der Waals surface area contributed by atoms with E-state index in [1.807, 2.05) is 6.92 Å². The molecule has 0 saturated heterocycles. The highest BCUT2D eigenvalue weighted by atomic mass is 16.5. The Hall–Kier alpha value is -0.160. The van der Waals surface area contributed by atoms with Crippen molar-refractivity contribution in [2.45, 2.75) is 31.9 Å². The maximum Gasteiger partial charge on any atom is 0.0735 e. The van der Waals surface area contributed by atoms with Crippen molar-refractivity contribution in [1.29, 1.82) is 0 Å². The zero-order chi connectivity index (χ0) is 10.1. The Morgan fingerprint density at radius 3 is 2.46 bits per heavy atom. The van der Waals surface area contributed by atoms with Crippen LogP contribution in [0.25, 0.3) is 0 Å².